The lowest BCUT2D eigenvalue weighted by Crippen LogP contribution is -2.33. The van der Waals surface area contributed by atoms with Crippen LogP contribution in [0.15, 0.2) is 53.7 Å². The average molecular weight is 488 g/mol. The van der Waals surface area contributed by atoms with Crippen LogP contribution in [0.4, 0.5) is 5.69 Å². The van der Waals surface area contributed by atoms with E-state index in [-0.39, 0.29) is 29.5 Å². The summed E-state index contributed by atoms with van der Waals surface area (Å²) in [6.45, 7) is 4.00. The van der Waals surface area contributed by atoms with Crippen LogP contribution in [0.25, 0.3) is 0 Å². The second kappa shape index (κ2) is 11.2. The minimum absolute atomic E-state index is 0.0705. The fraction of sp³-hybridized carbons (Fsp3) is 0.304. The maximum atomic E-state index is 12.8. The van der Waals surface area contributed by atoms with E-state index in [2.05, 4.69) is 20.8 Å². The first-order valence-corrected chi connectivity index (χ1v) is 11.7. The average Bonchev–Trinajstić information content (AvgIpc) is 3.17. The maximum Gasteiger partial charge on any atom is 0.251 e. The van der Waals surface area contributed by atoms with Gasteiger partial charge in [-0.25, -0.2) is 0 Å². The zero-order valence-corrected chi connectivity index (χ0v) is 20.4. The SMILES string of the molecule is COc1ccc(C(=O)N[C@H](c2nnc(SCC(=O)Nc3ccc(Cl)cc3)n2C)C(C)C)cc1. The highest BCUT2D eigenvalue weighted by molar-refractivity contribution is 7.99. The van der Waals surface area contributed by atoms with Crippen molar-refractivity contribution in [3.63, 3.8) is 0 Å². The highest BCUT2D eigenvalue weighted by Gasteiger charge is 2.25. The molecule has 3 aromatic rings. The van der Waals surface area contributed by atoms with E-state index in [1.54, 1.807) is 60.2 Å². The quantitative estimate of drug-likeness (QED) is 0.436. The van der Waals surface area contributed by atoms with Crippen molar-refractivity contribution < 1.29 is 14.3 Å². The van der Waals surface area contributed by atoms with Gasteiger partial charge in [0.2, 0.25) is 5.91 Å². The molecule has 0 aliphatic rings. The Bertz CT molecular complexity index is 1100. The zero-order chi connectivity index (χ0) is 24.0. The molecule has 0 aliphatic heterocycles. The first-order valence-electron chi connectivity index (χ1n) is 10.3. The molecule has 3 rings (SSSR count). The van der Waals surface area contributed by atoms with Crippen LogP contribution >= 0.6 is 23.4 Å². The van der Waals surface area contributed by atoms with Gasteiger partial charge in [-0.05, 0) is 54.4 Å². The number of nitrogens with zero attached hydrogens (tertiary/aromatic N) is 3. The Morgan fingerprint density at radius 3 is 2.36 bits per heavy atom. The molecule has 0 aliphatic carbocycles. The number of rotatable bonds is 9. The van der Waals surface area contributed by atoms with Gasteiger partial charge in [-0.15, -0.1) is 10.2 Å². The molecule has 0 radical (unpaired) electrons. The lowest BCUT2D eigenvalue weighted by atomic mass is 10.0. The first-order chi connectivity index (χ1) is 15.8. The number of amides is 2. The van der Waals surface area contributed by atoms with Gasteiger partial charge in [-0.1, -0.05) is 37.2 Å². The van der Waals surface area contributed by atoms with E-state index in [0.717, 1.165) is 0 Å². The summed E-state index contributed by atoms with van der Waals surface area (Å²) in [5.74, 6) is 1.16. The molecule has 0 saturated carbocycles. The predicted octanol–water partition coefficient (Wildman–Crippen LogP) is 4.34. The summed E-state index contributed by atoms with van der Waals surface area (Å²) >= 11 is 7.14. The van der Waals surface area contributed by atoms with E-state index < -0.39 is 0 Å². The molecule has 0 bridgehead atoms. The third-order valence-electron chi connectivity index (χ3n) is 4.91. The van der Waals surface area contributed by atoms with Crippen molar-refractivity contribution in [2.24, 2.45) is 13.0 Å². The van der Waals surface area contributed by atoms with E-state index in [4.69, 9.17) is 16.3 Å². The monoisotopic (exact) mass is 487 g/mol. The van der Waals surface area contributed by atoms with Crippen molar-refractivity contribution in [1.29, 1.82) is 0 Å². The molecule has 8 nitrogen and oxygen atoms in total. The molecule has 0 unspecified atom stereocenters. The Morgan fingerprint density at radius 1 is 1.09 bits per heavy atom. The number of benzene rings is 2. The second-order valence-electron chi connectivity index (χ2n) is 7.67. The van der Waals surface area contributed by atoms with Crippen molar-refractivity contribution in [3.8, 4) is 5.75 Å². The fourth-order valence-electron chi connectivity index (χ4n) is 3.08. The normalized spacial score (nSPS) is 11.8. The number of nitrogens with one attached hydrogen (secondary N) is 2. The summed E-state index contributed by atoms with van der Waals surface area (Å²) in [6.07, 6.45) is 0. The third kappa shape index (κ3) is 6.49. The summed E-state index contributed by atoms with van der Waals surface area (Å²) in [4.78, 5) is 25.1. The van der Waals surface area contributed by atoms with Gasteiger partial charge in [0.1, 0.15) is 5.75 Å². The Kier molecular flexibility index (Phi) is 8.35. The van der Waals surface area contributed by atoms with Crippen LogP contribution in [-0.4, -0.2) is 39.4 Å². The van der Waals surface area contributed by atoms with Crippen LogP contribution in [-0.2, 0) is 11.8 Å². The molecule has 2 amide bonds. The number of carbonyl (C=O) groups excluding carboxylic acids is 2. The van der Waals surface area contributed by atoms with E-state index in [1.165, 1.54) is 11.8 Å². The highest BCUT2D eigenvalue weighted by Crippen LogP contribution is 2.25. The molecule has 33 heavy (non-hydrogen) atoms. The minimum Gasteiger partial charge on any atom is -0.497 e. The summed E-state index contributed by atoms with van der Waals surface area (Å²) in [7, 11) is 3.40. The van der Waals surface area contributed by atoms with Gasteiger partial charge in [-0.2, -0.15) is 0 Å². The van der Waals surface area contributed by atoms with Gasteiger partial charge in [0.15, 0.2) is 11.0 Å². The van der Waals surface area contributed by atoms with Crippen LogP contribution in [0.3, 0.4) is 0 Å². The number of ether oxygens (including phenoxy) is 1. The number of aromatic nitrogens is 3. The molecule has 1 atom stereocenters. The van der Waals surface area contributed by atoms with E-state index in [1.807, 2.05) is 20.9 Å². The summed E-state index contributed by atoms with van der Waals surface area (Å²) < 4.78 is 6.95. The fourth-order valence-corrected chi connectivity index (χ4v) is 3.92. The molecule has 2 N–H and O–H groups in total. The predicted molar refractivity (Wildman–Crippen MR) is 130 cm³/mol. The van der Waals surface area contributed by atoms with Gasteiger partial charge >= 0.3 is 0 Å². The van der Waals surface area contributed by atoms with Crippen molar-refractivity contribution in [1.82, 2.24) is 20.1 Å². The van der Waals surface area contributed by atoms with Gasteiger partial charge in [0.05, 0.1) is 18.9 Å². The molecule has 174 valence electrons. The van der Waals surface area contributed by atoms with Gasteiger partial charge in [0.25, 0.3) is 5.91 Å². The number of carbonyl (C=O) groups is 2. The molecule has 0 fully saturated rings. The summed E-state index contributed by atoms with van der Waals surface area (Å²) in [5.41, 5.74) is 1.20. The van der Waals surface area contributed by atoms with Gasteiger partial charge in [-0.3, -0.25) is 9.59 Å². The van der Waals surface area contributed by atoms with Gasteiger partial charge < -0.3 is 19.9 Å². The number of halogens is 1. The number of hydrogen-bond acceptors (Lipinski definition) is 6. The molecule has 0 saturated heterocycles. The first kappa shape index (κ1) is 24.6. The minimum atomic E-state index is -0.352. The molecule has 10 heteroatoms. The molecular formula is C23H26ClN5O3S. The van der Waals surface area contributed by atoms with Crippen LogP contribution in [0, 0.1) is 5.92 Å². The summed E-state index contributed by atoms with van der Waals surface area (Å²) in [6, 6.07) is 13.5. The second-order valence-corrected chi connectivity index (χ2v) is 9.05. The Labute approximate surface area is 202 Å². The molecular weight excluding hydrogens is 462 g/mol. The summed E-state index contributed by atoms with van der Waals surface area (Å²) in [5, 5.41) is 15.6. The number of hydrogen-bond donors (Lipinski definition) is 2. The topological polar surface area (TPSA) is 98.1 Å². The van der Waals surface area contributed by atoms with Crippen molar-refractivity contribution in [2.45, 2.75) is 25.0 Å². The number of methoxy groups -OCH3 is 1. The zero-order valence-electron chi connectivity index (χ0n) is 18.8. The van der Waals surface area contributed by atoms with E-state index in [9.17, 15) is 9.59 Å². The lowest BCUT2D eigenvalue weighted by Gasteiger charge is -2.21. The Morgan fingerprint density at radius 2 is 1.76 bits per heavy atom. The third-order valence-corrected chi connectivity index (χ3v) is 6.18. The molecule has 1 aromatic heterocycles. The van der Waals surface area contributed by atoms with Crippen molar-refractivity contribution >= 4 is 40.9 Å². The van der Waals surface area contributed by atoms with Crippen molar-refractivity contribution in [2.75, 3.05) is 18.2 Å². The van der Waals surface area contributed by atoms with Crippen LogP contribution in [0.1, 0.15) is 36.1 Å². The maximum absolute atomic E-state index is 12.8. The van der Waals surface area contributed by atoms with E-state index in [0.29, 0.717) is 33.0 Å². The largest absolute Gasteiger partial charge is 0.497 e. The van der Waals surface area contributed by atoms with Crippen LogP contribution in [0.2, 0.25) is 5.02 Å². The molecule has 0 spiro atoms. The smallest absolute Gasteiger partial charge is 0.251 e. The Balaban J connectivity index is 1.65. The number of thioether (sulfide) groups is 1. The molecule has 2 aromatic carbocycles. The lowest BCUT2D eigenvalue weighted by molar-refractivity contribution is -0.113. The van der Waals surface area contributed by atoms with E-state index >= 15 is 0 Å². The Hall–Kier alpha value is -3.04. The van der Waals surface area contributed by atoms with Gasteiger partial charge in [0, 0.05) is 23.3 Å². The number of anilines is 1. The van der Waals surface area contributed by atoms with Crippen LogP contribution in [0.5, 0.6) is 5.75 Å². The molecule has 1 heterocycles. The standard InChI is InChI=1S/C23H26ClN5O3S/c1-14(2)20(26-22(31)15-5-11-18(32-4)12-6-15)21-27-28-23(29(21)3)33-13-19(30)25-17-9-7-16(24)8-10-17/h5-12,14,20H,13H2,1-4H3,(H,25,30)(H,26,31)/t20-/m0/s1. The van der Waals surface area contributed by atoms with Crippen LogP contribution < -0.4 is 15.4 Å². The van der Waals surface area contributed by atoms with Crippen molar-refractivity contribution in [3.05, 3.63) is 64.9 Å². The highest BCUT2D eigenvalue weighted by atomic mass is 35.5.